The molecule has 6 nitrogen and oxygen atoms in total. The van der Waals surface area contributed by atoms with E-state index in [1.807, 2.05) is 0 Å². The Morgan fingerprint density at radius 3 is 2.43 bits per heavy atom. The van der Waals surface area contributed by atoms with Gasteiger partial charge in [0.1, 0.15) is 11.6 Å². The maximum atomic E-state index is 15.3. The second kappa shape index (κ2) is 8.76. The molecular weight excluding hydrogens is 371 g/mol. The summed E-state index contributed by atoms with van der Waals surface area (Å²) in [7, 11) is 0.946. The Balaban J connectivity index is 2.45. The lowest BCUT2D eigenvalue weighted by Crippen LogP contribution is -2.50. The summed E-state index contributed by atoms with van der Waals surface area (Å²) in [6.45, 7) is 9.42. The zero-order valence-electron chi connectivity index (χ0n) is 17.0. The van der Waals surface area contributed by atoms with Crippen molar-refractivity contribution in [3.63, 3.8) is 0 Å². The first-order chi connectivity index (χ1) is 13.0. The van der Waals surface area contributed by atoms with Gasteiger partial charge in [0.2, 0.25) is 0 Å². The number of aliphatic hydroxyl groups is 1. The van der Waals surface area contributed by atoms with E-state index in [1.165, 1.54) is 13.8 Å². The number of carbonyl (C=O) groups excluding carboxylic acids is 1. The number of benzene rings is 1. The molecule has 1 radical (unpaired) electrons. The van der Waals surface area contributed by atoms with Crippen LogP contribution in [0.15, 0.2) is 6.07 Å². The number of hydrogen-bond acceptors (Lipinski definition) is 6. The molecule has 0 amide bonds. The molecule has 0 aliphatic carbocycles. The smallest absolute Gasteiger partial charge is 0.340 e. The molecule has 2 rings (SSSR count). The normalized spacial score (nSPS) is 15.5. The minimum Gasteiger partial charge on any atom is -0.462 e. The quantitative estimate of drug-likeness (QED) is 0.558. The van der Waals surface area contributed by atoms with E-state index in [9.17, 15) is 14.3 Å². The van der Waals surface area contributed by atoms with Crippen LogP contribution < -0.4 is 10.4 Å². The SMILES string of the molecule is CCOC(=O)c1cc(F)c([B]OC(C)(C)C(C)(C)O)c(F)c1N1CCOCC1. The third-order valence-electron chi connectivity index (χ3n) is 5.00. The van der Waals surface area contributed by atoms with Gasteiger partial charge in [-0.3, -0.25) is 0 Å². The molecule has 9 heteroatoms. The van der Waals surface area contributed by atoms with E-state index < -0.39 is 34.3 Å². The minimum atomic E-state index is -1.26. The summed E-state index contributed by atoms with van der Waals surface area (Å²) in [5, 5.41) is 10.2. The van der Waals surface area contributed by atoms with E-state index in [4.69, 9.17) is 14.1 Å². The number of halogens is 2. The van der Waals surface area contributed by atoms with Gasteiger partial charge < -0.3 is 24.1 Å². The number of anilines is 1. The van der Waals surface area contributed by atoms with Crippen LogP contribution in [0, 0.1) is 11.6 Å². The number of ether oxygens (including phenoxy) is 2. The molecule has 155 valence electrons. The monoisotopic (exact) mass is 398 g/mol. The highest BCUT2D eigenvalue weighted by molar-refractivity contribution is 6.47. The van der Waals surface area contributed by atoms with Gasteiger partial charge in [-0.1, -0.05) is 0 Å². The van der Waals surface area contributed by atoms with Gasteiger partial charge in [-0.05, 0) is 40.7 Å². The van der Waals surface area contributed by atoms with E-state index in [0.29, 0.717) is 26.3 Å². The predicted molar refractivity (Wildman–Crippen MR) is 102 cm³/mol. The fourth-order valence-corrected chi connectivity index (χ4v) is 2.54. The first-order valence-corrected chi connectivity index (χ1v) is 9.24. The molecular formula is C19H27BF2NO5. The van der Waals surface area contributed by atoms with Crippen molar-refractivity contribution in [1.29, 1.82) is 0 Å². The van der Waals surface area contributed by atoms with Crippen LogP contribution in [0.25, 0.3) is 0 Å². The Morgan fingerprint density at radius 2 is 1.89 bits per heavy atom. The summed E-state index contributed by atoms with van der Waals surface area (Å²) in [4.78, 5) is 13.9. The molecule has 1 aliphatic rings. The highest BCUT2D eigenvalue weighted by Gasteiger charge is 2.37. The molecule has 0 atom stereocenters. The van der Waals surface area contributed by atoms with Gasteiger partial charge in [-0.15, -0.1) is 0 Å². The molecule has 0 bridgehead atoms. The number of esters is 1. The fraction of sp³-hybridized carbons (Fsp3) is 0.632. The summed E-state index contributed by atoms with van der Waals surface area (Å²) in [5.41, 5.74) is -3.01. The van der Waals surface area contributed by atoms with Gasteiger partial charge >= 0.3 is 13.5 Å². The van der Waals surface area contributed by atoms with Gasteiger partial charge in [0.25, 0.3) is 0 Å². The van der Waals surface area contributed by atoms with Crippen molar-refractivity contribution in [2.24, 2.45) is 0 Å². The zero-order chi connectivity index (χ0) is 21.1. The summed E-state index contributed by atoms with van der Waals surface area (Å²) in [6.07, 6.45) is 0. The van der Waals surface area contributed by atoms with Crippen LogP contribution >= 0.6 is 0 Å². The van der Waals surface area contributed by atoms with E-state index in [-0.39, 0.29) is 17.9 Å². The third kappa shape index (κ3) is 4.82. The van der Waals surface area contributed by atoms with Gasteiger partial charge in [0, 0.05) is 18.6 Å². The fourth-order valence-electron chi connectivity index (χ4n) is 2.54. The number of nitrogens with zero attached hydrogens (tertiary/aromatic N) is 1. The highest BCUT2D eigenvalue weighted by atomic mass is 19.1. The topological polar surface area (TPSA) is 68.2 Å². The summed E-state index contributed by atoms with van der Waals surface area (Å²) < 4.78 is 45.8. The lowest BCUT2D eigenvalue weighted by molar-refractivity contribution is -0.0894. The van der Waals surface area contributed by atoms with E-state index in [0.717, 1.165) is 13.5 Å². The molecule has 1 saturated heterocycles. The molecule has 0 spiro atoms. The van der Waals surface area contributed by atoms with Crippen molar-refractivity contribution in [2.75, 3.05) is 37.8 Å². The van der Waals surface area contributed by atoms with Crippen molar-refractivity contribution in [1.82, 2.24) is 0 Å². The second-order valence-electron chi connectivity index (χ2n) is 7.61. The van der Waals surface area contributed by atoms with Gasteiger partial charge in [0.15, 0.2) is 0 Å². The molecule has 1 N–H and O–H groups in total. The molecule has 0 aromatic heterocycles. The Labute approximate surface area is 165 Å². The Bertz CT molecular complexity index is 715. The molecule has 0 saturated carbocycles. The van der Waals surface area contributed by atoms with Crippen LogP contribution in [-0.2, 0) is 14.1 Å². The number of hydrogen-bond donors (Lipinski definition) is 1. The number of rotatable bonds is 7. The van der Waals surface area contributed by atoms with Crippen molar-refractivity contribution in [3.8, 4) is 0 Å². The minimum absolute atomic E-state index is 0.0425. The lowest BCUT2D eigenvalue weighted by Gasteiger charge is -2.37. The third-order valence-corrected chi connectivity index (χ3v) is 5.00. The van der Waals surface area contributed by atoms with Crippen LogP contribution in [0.4, 0.5) is 14.5 Å². The van der Waals surface area contributed by atoms with E-state index in [1.54, 1.807) is 25.7 Å². The van der Waals surface area contributed by atoms with Crippen molar-refractivity contribution < 1.29 is 32.8 Å². The van der Waals surface area contributed by atoms with Gasteiger partial charge in [0.05, 0.1) is 42.3 Å². The summed E-state index contributed by atoms with van der Waals surface area (Å²) in [5.74, 6) is -2.67. The second-order valence-corrected chi connectivity index (χ2v) is 7.61. The Morgan fingerprint density at radius 1 is 1.29 bits per heavy atom. The van der Waals surface area contributed by atoms with Gasteiger partial charge in [-0.2, -0.15) is 0 Å². The molecule has 1 aromatic carbocycles. The van der Waals surface area contributed by atoms with Crippen LogP contribution in [-0.4, -0.2) is 62.7 Å². The number of carbonyl (C=O) groups is 1. The molecule has 1 heterocycles. The highest BCUT2D eigenvalue weighted by Crippen LogP contribution is 2.28. The molecule has 28 heavy (non-hydrogen) atoms. The summed E-state index contributed by atoms with van der Waals surface area (Å²) >= 11 is 0. The van der Waals surface area contributed by atoms with Crippen molar-refractivity contribution in [3.05, 3.63) is 23.3 Å². The maximum Gasteiger partial charge on any atom is 0.340 e. The van der Waals surface area contributed by atoms with Crippen LogP contribution in [0.2, 0.25) is 0 Å². The van der Waals surface area contributed by atoms with Crippen LogP contribution in [0.3, 0.4) is 0 Å². The van der Waals surface area contributed by atoms with E-state index in [2.05, 4.69) is 0 Å². The van der Waals surface area contributed by atoms with Crippen molar-refractivity contribution in [2.45, 2.75) is 45.8 Å². The standard InChI is InChI=1S/C19H27BF2NO5/c1-6-27-17(24)12-11-13(21)14(20-28-19(4,5)18(2,3)25)15(22)16(12)23-7-9-26-10-8-23/h11,25H,6-10H2,1-5H3. The largest absolute Gasteiger partial charge is 0.462 e. The average Bonchev–Trinajstić information content (AvgIpc) is 2.61. The van der Waals surface area contributed by atoms with Crippen molar-refractivity contribution >= 4 is 24.6 Å². The van der Waals surface area contributed by atoms with E-state index >= 15 is 4.39 Å². The number of morpholine rings is 1. The van der Waals surface area contributed by atoms with Crippen LogP contribution in [0.1, 0.15) is 45.0 Å². The zero-order valence-corrected chi connectivity index (χ0v) is 17.0. The average molecular weight is 398 g/mol. The maximum absolute atomic E-state index is 15.3. The Kier molecular flexibility index (Phi) is 7.06. The lowest BCUT2D eigenvalue weighted by atomic mass is 9.81. The van der Waals surface area contributed by atoms with Gasteiger partial charge in [-0.25, -0.2) is 13.6 Å². The molecule has 1 aliphatic heterocycles. The molecule has 1 aromatic rings. The molecule has 1 fully saturated rings. The first kappa shape index (κ1) is 22.6. The predicted octanol–water partition coefficient (Wildman–Crippen LogP) is 1.79. The first-order valence-electron chi connectivity index (χ1n) is 9.24. The summed E-state index contributed by atoms with van der Waals surface area (Å²) in [6, 6.07) is 0.956. The molecule has 0 unspecified atom stereocenters. The van der Waals surface area contributed by atoms with Crippen LogP contribution in [0.5, 0.6) is 0 Å². The Hall–Kier alpha value is -1.71.